The van der Waals surface area contributed by atoms with E-state index in [1.165, 1.54) is 12.3 Å². The Morgan fingerprint density at radius 3 is 3.00 bits per heavy atom. The Balaban J connectivity index is 2.12. The second-order valence-corrected chi connectivity index (χ2v) is 4.72. The maximum absolute atomic E-state index is 12.9. The average molecular weight is 237 g/mol. The molecule has 0 aliphatic carbocycles. The van der Waals surface area contributed by atoms with Gasteiger partial charge in [-0.15, -0.1) is 0 Å². The third-order valence-corrected chi connectivity index (χ3v) is 3.41. The molecule has 1 aliphatic rings. The lowest BCUT2D eigenvalue weighted by Gasteiger charge is -2.36. The van der Waals surface area contributed by atoms with Crippen LogP contribution < -0.4 is 5.73 Å². The SMILES string of the molecule is CCC(c1ccc(F)cn1)N1CCCC(N)C1. The predicted molar refractivity (Wildman–Crippen MR) is 66.0 cm³/mol. The van der Waals surface area contributed by atoms with Crippen molar-refractivity contribution in [3.8, 4) is 0 Å². The van der Waals surface area contributed by atoms with Crippen LogP contribution in [0.5, 0.6) is 0 Å². The van der Waals surface area contributed by atoms with Gasteiger partial charge in [-0.25, -0.2) is 4.39 Å². The van der Waals surface area contributed by atoms with Crippen molar-refractivity contribution in [1.82, 2.24) is 9.88 Å². The predicted octanol–water partition coefficient (Wildman–Crippen LogP) is 2.09. The molecule has 1 fully saturated rings. The highest BCUT2D eigenvalue weighted by molar-refractivity contribution is 5.10. The molecule has 2 heterocycles. The van der Waals surface area contributed by atoms with Crippen molar-refractivity contribution in [2.24, 2.45) is 5.73 Å². The standard InChI is InChI=1S/C13H20FN3/c1-2-13(12-6-5-10(14)8-16-12)17-7-3-4-11(15)9-17/h5-6,8,11,13H,2-4,7,9,15H2,1H3. The average Bonchev–Trinajstić information content (AvgIpc) is 2.33. The van der Waals surface area contributed by atoms with Crippen LogP contribution in [0.1, 0.15) is 37.9 Å². The molecule has 0 bridgehead atoms. The second kappa shape index (κ2) is 5.56. The third-order valence-electron chi connectivity index (χ3n) is 3.41. The number of likely N-dealkylation sites (tertiary alicyclic amines) is 1. The summed E-state index contributed by atoms with van der Waals surface area (Å²) >= 11 is 0. The maximum Gasteiger partial charge on any atom is 0.141 e. The summed E-state index contributed by atoms with van der Waals surface area (Å²) in [6, 6.07) is 3.79. The van der Waals surface area contributed by atoms with Crippen LogP contribution in [0.2, 0.25) is 0 Å². The van der Waals surface area contributed by atoms with Crippen molar-refractivity contribution in [3.05, 3.63) is 29.8 Å². The van der Waals surface area contributed by atoms with Gasteiger partial charge in [-0.1, -0.05) is 6.92 Å². The van der Waals surface area contributed by atoms with Gasteiger partial charge in [0.15, 0.2) is 0 Å². The molecule has 2 rings (SSSR count). The highest BCUT2D eigenvalue weighted by Crippen LogP contribution is 2.25. The van der Waals surface area contributed by atoms with E-state index in [0.717, 1.165) is 38.0 Å². The van der Waals surface area contributed by atoms with Crippen LogP contribution in [0.4, 0.5) is 4.39 Å². The number of pyridine rings is 1. The number of halogens is 1. The number of hydrogen-bond acceptors (Lipinski definition) is 3. The largest absolute Gasteiger partial charge is 0.327 e. The van der Waals surface area contributed by atoms with Crippen LogP contribution in [0, 0.1) is 5.82 Å². The van der Waals surface area contributed by atoms with Crippen LogP contribution in [-0.4, -0.2) is 29.0 Å². The Bertz CT molecular complexity index is 352. The molecule has 3 nitrogen and oxygen atoms in total. The Morgan fingerprint density at radius 1 is 1.59 bits per heavy atom. The van der Waals surface area contributed by atoms with Gasteiger partial charge in [0.05, 0.1) is 17.9 Å². The van der Waals surface area contributed by atoms with E-state index < -0.39 is 0 Å². The molecule has 0 radical (unpaired) electrons. The summed E-state index contributed by atoms with van der Waals surface area (Å²) in [6.45, 7) is 4.11. The van der Waals surface area contributed by atoms with E-state index in [2.05, 4.69) is 16.8 Å². The van der Waals surface area contributed by atoms with Crippen molar-refractivity contribution in [2.45, 2.75) is 38.3 Å². The molecule has 2 N–H and O–H groups in total. The second-order valence-electron chi connectivity index (χ2n) is 4.72. The van der Waals surface area contributed by atoms with Gasteiger partial charge in [-0.2, -0.15) is 0 Å². The van der Waals surface area contributed by atoms with Crippen molar-refractivity contribution in [2.75, 3.05) is 13.1 Å². The van der Waals surface area contributed by atoms with E-state index >= 15 is 0 Å². The first kappa shape index (κ1) is 12.5. The fourth-order valence-electron chi connectivity index (χ4n) is 2.56. The van der Waals surface area contributed by atoms with Crippen LogP contribution in [0.3, 0.4) is 0 Å². The Hall–Kier alpha value is -1.00. The molecule has 17 heavy (non-hydrogen) atoms. The number of nitrogens with two attached hydrogens (primary N) is 1. The molecule has 1 saturated heterocycles. The van der Waals surface area contributed by atoms with Gasteiger partial charge in [0, 0.05) is 12.6 Å². The third kappa shape index (κ3) is 3.01. The molecule has 0 aromatic carbocycles. The van der Waals surface area contributed by atoms with E-state index in [1.54, 1.807) is 6.07 Å². The van der Waals surface area contributed by atoms with Gasteiger partial charge in [-0.05, 0) is 37.9 Å². The molecule has 1 aromatic heterocycles. The monoisotopic (exact) mass is 237 g/mol. The Kier molecular flexibility index (Phi) is 4.07. The van der Waals surface area contributed by atoms with Crippen molar-refractivity contribution in [3.63, 3.8) is 0 Å². The summed E-state index contributed by atoms with van der Waals surface area (Å²) in [5, 5.41) is 0. The van der Waals surface area contributed by atoms with Gasteiger partial charge < -0.3 is 5.73 Å². The number of nitrogens with zero attached hydrogens (tertiary/aromatic N) is 2. The first-order valence-corrected chi connectivity index (χ1v) is 6.31. The summed E-state index contributed by atoms with van der Waals surface area (Å²) < 4.78 is 12.9. The van der Waals surface area contributed by atoms with Gasteiger partial charge in [0.25, 0.3) is 0 Å². The first-order chi connectivity index (χ1) is 8.20. The zero-order chi connectivity index (χ0) is 12.3. The van der Waals surface area contributed by atoms with E-state index in [1.807, 2.05) is 0 Å². The highest BCUT2D eigenvalue weighted by Gasteiger charge is 2.24. The smallest absolute Gasteiger partial charge is 0.141 e. The molecule has 0 spiro atoms. The molecule has 1 aromatic rings. The fraction of sp³-hybridized carbons (Fsp3) is 0.615. The van der Waals surface area contributed by atoms with Crippen LogP contribution in [0.25, 0.3) is 0 Å². The summed E-state index contributed by atoms with van der Waals surface area (Å²) in [5.74, 6) is -0.279. The highest BCUT2D eigenvalue weighted by atomic mass is 19.1. The van der Waals surface area contributed by atoms with Crippen LogP contribution in [0.15, 0.2) is 18.3 Å². The lowest BCUT2D eigenvalue weighted by molar-refractivity contribution is 0.143. The zero-order valence-corrected chi connectivity index (χ0v) is 10.3. The summed E-state index contributed by atoms with van der Waals surface area (Å²) in [7, 11) is 0. The minimum atomic E-state index is -0.279. The topological polar surface area (TPSA) is 42.2 Å². The molecule has 0 saturated carbocycles. The molecule has 2 unspecified atom stereocenters. The minimum absolute atomic E-state index is 0.262. The fourth-order valence-corrected chi connectivity index (χ4v) is 2.56. The summed E-state index contributed by atoms with van der Waals surface area (Å²) in [4.78, 5) is 6.56. The molecule has 1 aliphatic heterocycles. The normalized spacial score (nSPS) is 23.6. The maximum atomic E-state index is 12.9. The van der Waals surface area contributed by atoms with Crippen LogP contribution >= 0.6 is 0 Å². The van der Waals surface area contributed by atoms with Gasteiger partial charge in [-0.3, -0.25) is 9.88 Å². The van der Waals surface area contributed by atoms with Crippen molar-refractivity contribution >= 4 is 0 Å². The number of hydrogen-bond donors (Lipinski definition) is 1. The zero-order valence-electron chi connectivity index (χ0n) is 10.3. The Morgan fingerprint density at radius 2 is 2.41 bits per heavy atom. The van der Waals surface area contributed by atoms with Crippen LogP contribution in [-0.2, 0) is 0 Å². The first-order valence-electron chi connectivity index (χ1n) is 6.31. The lowest BCUT2D eigenvalue weighted by Crippen LogP contribution is -2.44. The van der Waals surface area contributed by atoms with Gasteiger partial charge >= 0.3 is 0 Å². The van der Waals surface area contributed by atoms with Gasteiger partial charge in [0.1, 0.15) is 5.82 Å². The number of piperidine rings is 1. The molecule has 4 heteroatoms. The van der Waals surface area contributed by atoms with E-state index in [0.29, 0.717) is 0 Å². The summed E-state index contributed by atoms with van der Waals surface area (Å²) in [6.07, 6.45) is 4.51. The number of aromatic nitrogens is 1. The molecule has 2 atom stereocenters. The van der Waals surface area contributed by atoms with E-state index in [4.69, 9.17) is 5.73 Å². The quantitative estimate of drug-likeness (QED) is 0.875. The molecular formula is C13H20FN3. The minimum Gasteiger partial charge on any atom is -0.327 e. The number of rotatable bonds is 3. The van der Waals surface area contributed by atoms with E-state index in [9.17, 15) is 4.39 Å². The summed E-state index contributed by atoms with van der Waals surface area (Å²) in [5.41, 5.74) is 6.94. The van der Waals surface area contributed by atoms with Gasteiger partial charge in [0.2, 0.25) is 0 Å². The van der Waals surface area contributed by atoms with Crippen molar-refractivity contribution in [1.29, 1.82) is 0 Å². The van der Waals surface area contributed by atoms with E-state index in [-0.39, 0.29) is 17.9 Å². The Labute approximate surface area is 102 Å². The van der Waals surface area contributed by atoms with Crippen molar-refractivity contribution < 1.29 is 4.39 Å². The lowest BCUT2D eigenvalue weighted by atomic mass is 10.0. The molecule has 94 valence electrons. The molecule has 0 amide bonds. The molecular weight excluding hydrogens is 217 g/mol.